The van der Waals surface area contributed by atoms with E-state index in [9.17, 15) is 4.79 Å². The van der Waals surface area contributed by atoms with E-state index in [0.29, 0.717) is 5.56 Å². The van der Waals surface area contributed by atoms with Crippen LogP contribution in [0.2, 0.25) is 0 Å². The molecule has 0 amide bonds. The number of Topliss-reactive ketones (excluding diaryl/α,β-unsaturated/α-hetero) is 1. The first-order valence-corrected chi connectivity index (χ1v) is 4.43. The van der Waals surface area contributed by atoms with Crippen LogP contribution in [0.3, 0.4) is 0 Å². The molecule has 0 radical (unpaired) electrons. The number of ketones is 1. The van der Waals surface area contributed by atoms with Crippen molar-refractivity contribution < 1.29 is 9.90 Å². The van der Waals surface area contributed by atoms with Crippen LogP contribution < -0.4 is 0 Å². The average Bonchev–Trinajstić information content (AvgIpc) is 2.16. The summed E-state index contributed by atoms with van der Waals surface area (Å²) in [6.45, 7) is 3.48. The van der Waals surface area contributed by atoms with E-state index in [4.69, 9.17) is 5.11 Å². The third kappa shape index (κ3) is 1.95. The third-order valence-corrected chi connectivity index (χ3v) is 2.19. The maximum absolute atomic E-state index is 11.2. The molecule has 13 heavy (non-hydrogen) atoms. The molecule has 0 spiro atoms. The number of rotatable bonds is 3. The van der Waals surface area contributed by atoms with Crippen molar-refractivity contribution >= 4 is 5.78 Å². The van der Waals surface area contributed by atoms with Crippen molar-refractivity contribution in [3.05, 3.63) is 34.9 Å². The highest BCUT2D eigenvalue weighted by Crippen LogP contribution is 2.16. The van der Waals surface area contributed by atoms with Gasteiger partial charge in [-0.2, -0.15) is 0 Å². The molecule has 0 aromatic heterocycles. The zero-order valence-electron chi connectivity index (χ0n) is 8.00. The van der Waals surface area contributed by atoms with Crippen molar-refractivity contribution in [2.45, 2.75) is 26.9 Å². The zero-order valence-corrected chi connectivity index (χ0v) is 8.00. The number of carbonyl (C=O) groups excluding carboxylic acids is 1. The highest BCUT2D eigenvalue weighted by molar-refractivity contribution is 5.95. The minimum absolute atomic E-state index is 0.0133. The molecule has 2 nitrogen and oxygen atoms in total. The summed E-state index contributed by atoms with van der Waals surface area (Å²) < 4.78 is 0. The quantitative estimate of drug-likeness (QED) is 0.718. The lowest BCUT2D eigenvalue weighted by molar-refractivity contribution is 0.101. The van der Waals surface area contributed by atoms with Crippen LogP contribution in [0.1, 0.15) is 35.3 Å². The minimum atomic E-state index is -0.0566. The Hall–Kier alpha value is -1.15. The van der Waals surface area contributed by atoms with E-state index in [0.717, 1.165) is 17.5 Å². The number of benzene rings is 1. The highest BCUT2D eigenvalue weighted by atomic mass is 16.3. The van der Waals surface area contributed by atoms with Gasteiger partial charge in [-0.3, -0.25) is 4.79 Å². The summed E-state index contributed by atoms with van der Waals surface area (Å²) in [6, 6.07) is 5.56. The molecule has 0 aliphatic carbocycles. The van der Waals surface area contributed by atoms with Crippen LogP contribution in [-0.2, 0) is 13.0 Å². The van der Waals surface area contributed by atoms with E-state index >= 15 is 0 Å². The van der Waals surface area contributed by atoms with Crippen LogP contribution in [0.5, 0.6) is 0 Å². The predicted molar refractivity (Wildman–Crippen MR) is 51.7 cm³/mol. The lowest BCUT2D eigenvalue weighted by Crippen LogP contribution is -2.03. The van der Waals surface area contributed by atoms with Gasteiger partial charge in [0.05, 0.1) is 6.61 Å². The largest absolute Gasteiger partial charge is 0.392 e. The van der Waals surface area contributed by atoms with Crippen LogP contribution in [0.15, 0.2) is 18.2 Å². The summed E-state index contributed by atoms with van der Waals surface area (Å²) in [5.41, 5.74) is 2.47. The predicted octanol–water partition coefficient (Wildman–Crippen LogP) is 1.94. The molecule has 0 heterocycles. The second kappa shape index (κ2) is 4.19. The fourth-order valence-electron chi connectivity index (χ4n) is 1.48. The van der Waals surface area contributed by atoms with Crippen LogP contribution in [-0.4, -0.2) is 10.9 Å². The van der Waals surface area contributed by atoms with Gasteiger partial charge in [-0.15, -0.1) is 0 Å². The minimum Gasteiger partial charge on any atom is -0.392 e. The summed E-state index contributed by atoms with van der Waals surface area (Å²) in [7, 11) is 0. The van der Waals surface area contributed by atoms with Crippen LogP contribution in [0.4, 0.5) is 0 Å². The van der Waals surface area contributed by atoms with Gasteiger partial charge in [-0.1, -0.05) is 25.1 Å². The first kappa shape index (κ1) is 9.93. The summed E-state index contributed by atoms with van der Waals surface area (Å²) in [5.74, 6) is 0.0133. The number of hydrogen-bond donors (Lipinski definition) is 1. The Morgan fingerprint density at radius 2 is 2.15 bits per heavy atom. The number of aliphatic hydroxyl groups excluding tert-OH is 1. The van der Waals surface area contributed by atoms with Crippen LogP contribution in [0, 0.1) is 0 Å². The van der Waals surface area contributed by atoms with E-state index in [2.05, 4.69) is 0 Å². The second-order valence-electron chi connectivity index (χ2n) is 3.01. The average molecular weight is 178 g/mol. The maximum atomic E-state index is 11.2. The molecule has 0 unspecified atom stereocenters. The lowest BCUT2D eigenvalue weighted by Gasteiger charge is -2.08. The van der Waals surface area contributed by atoms with Gasteiger partial charge in [0.25, 0.3) is 0 Å². The molecule has 0 aliphatic rings. The molecular formula is C11H14O2. The topological polar surface area (TPSA) is 37.3 Å². The first-order chi connectivity index (χ1) is 6.20. The van der Waals surface area contributed by atoms with E-state index in [1.165, 1.54) is 6.92 Å². The van der Waals surface area contributed by atoms with Crippen molar-refractivity contribution in [1.29, 1.82) is 0 Å². The lowest BCUT2D eigenvalue weighted by atomic mass is 9.98. The standard InChI is InChI=1S/C11H14O2/c1-3-9-5-4-6-10(8(2)13)11(9)7-12/h4-6,12H,3,7H2,1-2H3. The van der Waals surface area contributed by atoms with E-state index in [1.54, 1.807) is 6.07 Å². The number of aryl methyl sites for hydroxylation is 1. The summed E-state index contributed by atoms with van der Waals surface area (Å²) in [5, 5.41) is 9.13. The summed E-state index contributed by atoms with van der Waals surface area (Å²) >= 11 is 0. The molecule has 0 fully saturated rings. The fourth-order valence-corrected chi connectivity index (χ4v) is 1.48. The number of aliphatic hydroxyl groups is 1. The van der Waals surface area contributed by atoms with Crippen LogP contribution in [0.25, 0.3) is 0 Å². The van der Waals surface area contributed by atoms with Gasteiger partial charge in [0, 0.05) is 5.56 Å². The zero-order chi connectivity index (χ0) is 9.84. The van der Waals surface area contributed by atoms with Crippen molar-refractivity contribution in [3.8, 4) is 0 Å². The van der Waals surface area contributed by atoms with Gasteiger partial charge in [0.15, 0.2) is 5.78 Å². The fraction of sp³-hybridized carbons (Fsp3) is 0.364. The van der Waals surface area contributed by atoms with Crippen molar-refractivity contribution in [2.24, 2.45) is 0 Å². The highest BCUT2D eigenvalue weighted by Gasteiger charge is 2.08. The Kier molecular flexibility index (Phi) is 3.20. The Labute approximate surface area is 78.2 Å². The van der Waals surface area contributed by atoms with E-state index in [1.807, 2.05) is 19.1 Å². The molecule has 0 bridgehead atoms. The van der Waals surface area contributed by atoms with Crippen LogP contribution >= 0.6 is 0 Å². The van der Waals surface area contributed by atoms with Crippen molar-refractivity contribution in [3.63, 3.8) is 0 Å². The molecule has 1 aromatic carbocycles. The normalized spacial score (nSPS) is 10.1. The second-order valence-corrected chi connectivity index (χ2v) is 3.01. The molecule has 0 saturated heterocycles. The Balaban J connectivity index is 3.27. The molecule has 0 aliphatic heterocycles. The molecule has 1 rings (SSSR count). The Morgan fingerprint density at radius 3 is 2.62 bits per heavy atom. The Morgan fingerprint density at radius 1 is 1.46 bits per heavy atom. The molecule has 1 N–H and O–H groups in total. The number of hydrogen-bond acceptors (Lipinski definition) is 2. The van der Waals surface area contributed by atoms with E-state index < -0.39 is 0 Å². The van der Waals surface area contributed by atoms with Gasteiger partial charge in [0.1, 0.15) is 0 Å². The molecule has 70 valence electrons. The summed E-state index contributed by atoms with van der Waals surface area (Å²) in [4.78, 5) is 11.2. The number of carbonyl (C=O) groups is 1. The molecule has 2 heteroatoms. The molecule has 1 aromatic rings. The van der Waals surface area contributed by atoms with E-state index in [-0.39, 0.29) is 12.4 Å². The Bertz CT molecular complexity index is 316. The molecule has 0 atom stereocenters. The van der Waals surface area contributed by atoms with Gasteiger partial charge in [-0.05, 0) is 24.5 Å². The summed E-state index contributed by atoms with van der Waals surface area (Å²) in [6.07, 6.45) is 0.844. The SMILES string of the molecule is CCc1cccc(C(C)=O)c1CO. The van der Waals surface area contributed by atoms with Crippen molar-refractivity contribution in [1.82, 2.24) is 0 Å². The van der Waals surface area contributed by atoms with Gasteiger partial charge >= 0.3 is 0 Å². The van der Waals surface area contributed by atoms with Gasteiger partial charge in [-0.25, -0.2) is 0 Å². The first-order valence-electron chi connectivity index (χ1n) is 4.43. The van der Waals surface area contributed by atoms with Gasteiger partial charge < -0.3 is 5.11 Å². The third-order valence-electron chi connectivity index (χ3n) is 2.19. The molecule has 0 saturated carbocycles. The molecular weight excluding hydrogens is 164 g/mol. The van der Waals surface area contributed by atoms with Gasteiger partial charge in [0.2, 0.25) is 0 Å². The monoisotopic (exact) mass is 178 g/mol. The van der Waals surface area contributed by atoms with Crippen molar-refractivity contribution in [2.75, 3.05) is 0 Å². The maximum Gasteiger partial charge on any atom is 0.160 e. The smallest absolute Gasteiger partial charge is 0.160 e.